The van der Waals surface area contributed by atoms with Crippen LogP contribution in [0, 0.1) is 0 Å². The van der Waals surface area contributed by atoms with E-state index in [2.05, 4.69) is 233 Å². The van der Waals surface area contributed by atoms with Gasteiger partial charge in [-0.05, 0) is 109 Å². The number of ether oxygens (including phenoxy) is 1. The van der Waals surface area contributed by atoms with Crippen molar-refractivity contribution in [1.82, 2.24) is 0 Å². The standard InChI is InChI=1S/C60H45NOS/c1-59(2)51-21-9-11-25-55(51)62-57-43(19-13-23-53(57)59)38-27-31-40(32-28-38)61(42-35-36-49-47-17-6-5-15-45(47)46-16-7-8-18-48(46)50(49)37-42)41-33-29-39(30-34-41)44-20-14-24-54-58(44)63-56-26-12-10-22-52(56)60(54,3)4/h5-37H,1-4H3. The van der Waals surface area contributed by atoms with Crippen LogP contribution in [0.25, 0.3) is 54.6 Å². The zero-order valence-electron chi connectivity index (χ0n) is 35.8. The second-order valence-corrected chi connectivity index (χ2v) is 19.1. The van der Waals surface area contributed by atoms with Crippen molar-refractivity contribution < 1.29 is 4.74 Å². The summed E-state index contributed by atoms with van der Waals surface area (Å²) >= 11 is 1.90. The fourth-order valence-corrected chi connectivity index (χ4v) is 12.0. The lowest BCUT2D eigenvalue weighted by molar-refractivity contribution is 0.419. The second kappa shape index (κ2) is 14.2. The lowest BCUT2D eigenvalue weighted by Crippen LogP contribution is -2.24. The van der Waals surface area contributed by atoms with Crippen molar-refractivity contribution >= 4 is 61.1 Å². The summed E-state index contributed by atoms with van der Waals surface area (Å²) in [5.41, 5.74) is 12.9. The monoisotopic (exact) mass is 827 g/mol. The highest BCUT2D eigenvalue weighted by Crippen LogP contribution is 2.54. The average molecular weight is 828 g/mol. The van der Waals surface area contributed by atoms with E-state index >= 15 is 0 Å². The predicted octanol–water partition coefficient (Wildman–Crippen LogP) is 17.2. The molecule has 2 nitrogen and oxygen atoms in total. The first kappa shape index (κ1) is 37.7. The van der Waals surface area contributed by atoms with Gasteiger partial charge in [-0.3, -0.25) is 0 Å². The number of para-hydroxylation sites is 2. The van der Waals surface area contributed by atoms with Gasteiger partial charge in [0.1, 0.15) is 11.5 Å². The molecule has 0 fully saturated rings. The predicted molar refractivity (Wildman–Crippen MR) is 266 cm³/mol. The number of anilines is 3. The summed E-state index contributed by atoms with van der Waals surface area (Å²) in [7, 11) is 0. The van der Waals surface area contributed by atoms with E-state index in [9.17, 15) is 0 Å². The molecule has 0 spiro atoms. The Morgan fingerprint density at radius 3 is 1.52 bits per heavy atom. The van der Waals surface area contributed by atoms with Crippen LogP contribution in [0.1, 0.15) is 49.9 Å². The van der Waals surface area contributed by atoms with Gasteiger partial charge < -0.3 is 9.64 Å². The van der Waals surface area contributed by atoms with Crippen molar-refractivity contribution in [2.24, 2.45) is 0 Å². The van der Waals surface area contributed by atoms with E-state index in [0.29, 0.717) is 0 Å². The summed E-state index contributed by atoms with van der Waals surface area (Å²) in [4.78, 5) is 5.08. The molecule has 0 saturated heterocycles. The molecule has 0 radical (unpaired) electrons. The van der Waals surface area contributed by atoms with Crippen molar-refractivity contribution in [3.05, 3.63) is 222 Å². The van der Waals surface area contributed by atoms with E-state index in [-0.39, 0.29) is 10.8 Å². The molecule has 2 aliphatic heterocycles. The smallest absolute Gasteiger partial charge is 0.139 e. The van der Waals surface area contributed by atoms with Gasteiger partial charge in [0, 0.05) is 54.4 Å². The van der Waals surface area contributed by atoms with E-state index in [0.717, 1.165) is 39.7 Å². The first-order chi connectivity index (χ1) is 30.8. The molecule has 0 N–H and O–H groups in total. The Labute approximate surface area is 373 Å². The highest BCUT2D eigenvalue weighted by Gasteiger charge is 2.36. The molecule has 0 bridgehead atoms. The SMILES string of the molecule is CC1(C)c2ccccc2Oc2c(-c3ccc(N(c4ccc(-c5cccc6c5Sc5ccccc5C6(C)C)cc4)c4ccc5c6ccccc6c6ccccc6c5c4)cc3)cccc21. The van der Waals surface area contributed by atoms with Crippen molar-refractivity contribution in [3.63, 3.8) is 0 Å². The Bertz CT molecular complexity index is 3270. The van der Waals surface area contributed by atoms with E-state index < -0.39 is 0 Å². The van der Waals surface area contributed by atoms with Gasteiger partial charge in [0.05, 0.1) is 0 Å². The van der Waals surface area contributed by atoms with Crippen LogP contribution in [0.15, 0.2) is 210 Å². The molecule has 0 saturated carbocycles. The summed E-state index contributed by atoms with van der Waals surface area (Å²) in [5, 5.41) is 7.58. The summed E-state index contributed by atoms with van der Waals surface area (Å²) < 4.78 is 6.72. The molecule has 0 aliphatic carbocycles. The molecular formula is C60H45NOS. The van der Waals surface area contributed by atoms with E-state index in [1.165, 1.54) is 75.5 Å². The molecule has 0 amide bonds. The molecule has 2 aliphatic rings. The summed E-state index contributed by atoms with van der Waals surface area (Å²) in [6.07, 6.45) is 0. The Morgan fingerprint density at radius 2 is 0.857 bits per heavy atom. The molecule has 0 atom stereocenters. The van der Waals surface area contributed by atoms with Crippen LogP contribution < -0.4 is 9.64 Å². The van der Waals surface area contributed by atoms with Gasteiger partial charge in [-0.1, -0.05) is 191 Å². The first-order valence-corrected chi connectivity index (χ1v) is 22.7. The van der Waals surface area contributed by atoms with Gasteiger partial charge in [0.25, 0.3) is 0 Å². The Balaban J connectivity index is 0.992. The Hall–Kier alpha value is -7.07. The zero-order chi connectivity index (χ0) is 42.5. The normalized spacial score (nSPS) is 14.3. The summed E-state index contributed by atoms with van der Waals surface area (Å²) in [6, 6.07) is 73.5. The van der Waals surface area contributed by atoms with Crippen molar-refractivity contribution in [2.75, 3.05) is 4.90 Å². The maximum absolute atomic E-state index is 6.72. The van der Waals surface area contributed by atoms with Gasteiger partial charge in [0.15, 0.2) is 0 Å². The van der Waals surface area contributed by atoms with Gasteiger partial charge in [0.2, 0.25) is 0 Å². The maximum Gasteiger partial charge on any atom is 0.139 e. The summed E-state index contributed by atoms with van der Waals surface area (Å²) in [5.74, 6) is 1.86. The Kier molecular flexibility index (Phi) is 8.51. The van der Waals surface area contributed by atoms with Crippen LogP contribution in [-0.2, 0) is 10.8 Å². The molecule has 0 aromatic heterocycles. The third-order valence-electron chi connectivity index (χ3n) is 13.8. The number of rotatable bonds is 5. The van der Waals surface area contributed by atoms with Crippen LogP contribution >= 0.6 is 11.8 Å². The highest BCUT2D eigenvalue weighted by molar-refractivity contribution is 7.99. The van der Waals surface area contributed by atoms with Gasteiger partial charge in [-0.25, -0.2) is 0 Å². The summed E-state index contributed by atoms with van der Waals surface area (Å²) in [6.45, 7) is 9.30. The van der Waals surface area contributed by atoms with Crippen LogP contribution in [0.3, 0.4) is 0 Å². The lowest BCUT2D eigenvalue weighted by Gasteiger charge is -2.35. The fraction of sp³-hybridized carbons (Fsp3) is 0.100. The highest BCUT2D eigenvalue weighted by atomic mass is 32.2. The van der Waals surface area contributed by atoms with Gasteiger partial charge in [-0.2, -0.15) is 0 Å². The molecule has 12 rings (SSSR count). The third kappa shape index (κ3) is 5.87. The number of nitrogens with zero attached hydrogens (tertiary/aromatic N) is 1. The number of hydrogen-bond donors (Lipinski definition) is 0. The molecule has 0 unspecified atom stereocenters. The molecule has 3 heteroatoms. The van der Waals surface area contributed by atoms with Crippen molar-refractivity contribution in [1.29, 1.82) is 0 Å². The molecule has 63 heavy (non-hydrogen) atoms. The van der Waals surface area contributed by atoms with Crippen LogP contribution in [0.5, 0.6) is 11.5 Å². The maximum atomic E-state index is 6.72. The van der Waals surface area contributed by atoms with Gasteiger partial charge >= 0.3 is 0 Å². The molecule has 2 heterocycles. The molecule has 10 aromatic carbocycles. The second-order valence-electron chi connectivity index (χ2n) is 18.1. The minimum Gasteiger partial charge on any atom is -0.456 e. The van der Waals surface area contributed by atoms with E-state index in [1.54, 1.807) is 0 Å². The third-order valence-corrected chi connectivity index (χ3v) is 15.0. The van der Waals surface area contributed by atoms with Crippen LogP contribution in [0.4, 0.5) is 17.1 Å². The minimum atomic E-state index is -0.187. The zero-order valence-corrected chi connectivity index (χ0v) is 36.6. The average Bonchev–Trinajstić information content (AvgIpc) is 3.32. The topological polar surface area (TPSA) is 12.5 Å². The van der Waals surface area contributed by atoms with Crippen molar-refractivity contribution in [3.8, 4) is 33.8 Å². The fourth-order valence-electron chi connectivity index (χ4n) is 10.4. The lowest BCUT2D eigenvalue weighted by atomic mass is 9.75. The largest absolute Gasteiger partial charge is 0.456 e. The van der Waals surface area contributed by atoms with Crippen molar-refractivity contribution in [2.45, 2.75) is 48.3 Å². The molecule has 302 valence electrons. The van der Waals surface area contributed by atoms with E-state index in [1.807, 2.05) is 11.8 Å². The molecular weight excluding hydrogens is 783 g/mol. The first-order valence-electron chi connectivity index (χ1n) is 21.9. The Morgan fingerprint density at radius 1 is 0.381 bits per heavy atom. The molecule has 10 aromatic rings. The number of fused-ring (bicyclic) bond motifs is 10. The minimum absolute atomic E-state index is 0.0897. The van der Waals surface area contributed by atoms with Crippen LogP contribution in [0.2, 0.25) is 0 Å². The van der Waals surface area contributed by atoms with Crippen LogP contribution in [-0.4, -0.2) is 0 Å². The quantitative estimate of drug-likeness (QED) is 0.160. The van der Waals surface area contributed by atoms with E-state index in [4.69, 9.17) is 4.74 Å². The number of hydrogen-bond acceptors (Lipinski definition) is 3. The van der Waals surface area contributed by atoms with Gasteiger partial charge in [-0.15, -0.1) is 0 Å². The number of benzene rings is 10.